The average molecular weight is 244 g/mol. The molecule has 1 fully saturated rings. The average Bonchev–Trinajstić information content (AvgIpc) is 3.04. The number of amides is 2. The number of nitrogens with zero attached hydrogens (tertiary/aromatic N) is 1. The van der Waals surface area contributed by atoms with Crippen LogP contribution in [0.3, 0.4) is 0 Å². The Morgan fingerprint density at radius 3 is 2.35 bits per heavy atom. The molecular formula is C11H20N2O4. The summed E-state index contributed by atoms with van der Waals surface area (Å²) in [7, 11) is 0. The third-order valence-electron chi connectivity index (χ3n) is 2.81. The van der Waals surface area contributed by atoms with Gasteiger partial charge in [0.25, 0.3) is 0 Å². The molecule has 2 amide bonds. The van der Waals surface area contributed by atoms with Crippen LogP contribution in [-0.4, -0.2) is 52.3 Å². The van der Waals surface area contributed by atoms with Gasteiger partial charge in [0.15, 0.2) is 6.04 Å². The second kappa shape index (κ2) is 5.86. The first-order valence-electron chi connectivity index (χ1n) is 5.86. The van der Waals surface area contributed by atoms with Gasteiger partial charge in [-0.1, -0.05) is 0 Å². The van der Waals surface area contributed by atoms with Crippen LogP contribution in [0.2, 0.25) is 0 Å². The normalized spacial score (nSPS) is 16.7. The van der Waals surface area contributed by atoms with Crippen LogP contribution < -0.4 is 5.32 Å². The van der Waals surface area contributed by atoms with Crippen molar-refractivity contribution in [1.29, 1.82) is 0 Å². The van der Waals surface area contributed by atoms with Crippen LogP contribution in [0.4, 0.5) is 4.79 Å². The molecule has 17 heavy (non-hydrogen) atoms. The van der Waals surface area contributed by atoms with Crippen LogP contribution in [-0.2, 0) is 4.79 Å². The maximum atomic E-state index is 11.9. The standard InChI is InChI=1S/C11H20N2O4/c1-7(2)13(5-8-3-4-8)11(17)12-9(6-14)10(15)16/h7-9,14H,3-6H2,1-2H3,(H,12,17)(H,15,16). The zero-order chi connectivity index (χ0) is 13.0. The monoisotopic (exact) mass is 244 g/mol. The minimum atomic E-state index is -1.23. The van der Waals surface area contributed by atoms with E-state index in [1.807, 2.05) is 13.8 Å². The molecule has 3 N–H and O–H groups in total. The summed E-state index contributed by atoms with van der Waals surface area (Å²) in [6.45, 7) is 3.82. The van der Waals surface area contributed by atoms with Crippen molar-refractivity contribution < 1.29 is 19.8 Å². The van der Waals surface area contributed by atoms with Gasteiger partial charge in [-0.3, -0.25) is 0 Å². The number of nitrogens with one attached hydrogen (secondary N) is 1. The Hall–Kier alpha value is -1.30. The fourth-order valence-corrected chi connectivity index (χ4v) is 1.52. The summed E-state index contributed by atoms with van der Waals surface area (Å²) in [5, 5.41) is 19.9. The minimum absolute atomic E-state index is 0.0173. The summed E-state index contributed by atoms with van der Waals surface area (Å²) in [5.41, 5.74) is 0. The summed E-state index contributed by atoms with van der Waals surface area (Å²) >= 11 is 0. The number of aliphatic hydroxyl groups is 1. The number of carboxylic acids is 1. The molecule has 1 unspecified atom stereocenters. The molecule has 1 atom stereocenters. The molecule has 1 aliphatic rings. The molecule has 0 radical (unpaired) electrons. The Morgan fingerprint density at radius 1 is 1.41 bits per heavy atom. The minimum Gasteiger partial charge on any atom is -0.480 e. The van der Waals surface area contributed by atoms with Crippen molar-refractivity contribution in [3.63, 3.8) is 0 Å². The van der Waals surface area contributed by atoms with Crippen LogP contribution >= 0.6 is 0 Å². The highest BCUT2D eigenvalue weighted by molar-refractivity contribution is 5.82. The predicted molar refractivity (Wildman–Crippen MR) is 61.6 cm³/mol. The molecule has 0 aliphatic heterocycles. The van der Waals surface area contributed by atoms with E-state index in [1.165, 1.54) is 0 Å². The fraction of sp³-hybridized carbons (Fsp3) is 0.818. The maximum absolute atomic E-state index is 11.9. The molecule has 0 aromatic heterocycles. The molecule has 1 saturated carbocycles. The van der Waals surface area contributed by atoms with Crippen LogP contribution in [0.1, 0.15) is 26.7 Å². The number of hydrogen-bond acceptors (Lipinski definition) is 3. The van der Waals surface area contributed by atoms with Crippen molar-refractivity contribution >= 4 is 12.0 Å². The number of aliphatic hydroxyl groups excluding tert-OH is 1. The van der Waals surface area contributed by atoms with Gasteiger partial charge in [-0.2, -0.15) is 0 Å². The van der Waals surface area contributed by atoms with Gasteiger partial charge in [0.2, 0.25) is 0 Å². The molecule has 0 saturated heterocycles. The summed E-state index contributed by atoms with van der Waals surface area (Å²) in [5.74, 6) is -0.684. The number of urea groups is 1. The molecule has 1 aliphatic carbocycles. The molecular weight excluding hydrogens is 224 g/mol. The molecule has 0 aromatic rings. The van der Waals surface area contributed by atoms with Gasteiger partial charge in [0, 0.05) is 12.6 Å². The lowest BCUT2D eigenvalue weighted by Gasteiger charge is -2.28. The predicted octanol–water partition coefficient (Wildman–Crippen LogP) is 0.262. The molecule has 6 heteroatoms. The highest BCUT2D eigenvalue weighted by Gasteiger charge is 2.30. The lowest BCUT2D eigenvalue weighted by molar-refractivity contribution is -0.140. The van der Waals surface area contributed by atoms with Gasteiger partial charge >= 0.3 is 12.0 Å². The largest absolute Gasteiger partial charge is 0.480 e. The van der Waals surface area contributed by atoms with E-state index in [-0.39, 0.29) is 6.04 Å². The number of carbonyl (C=O) groups is 2. The first-order valence-corrected chi connectivity index (χ1v) is 5.86. The molecule has 0 aromatic carbocycles. The number of rotatable bonds is 6. The summed E-state index contributed by atoms with van der Waals surface area (Å²) in [6.07, 6.45) is 2.25. The quantitative estimate of drug-likeness (QED) is 0.625. The Labute approximate surface area is 101 Å². The Balaban J connectivity index is 2.53. The number of aliphatic carboxylic acids is 1. The van der Waals surface area contributed by atoms with E-state index in [2.05, 4.69) is 5.32 Å². The summed E-state index contributed by atoms with van der Waals surface area (Å²) < 4.78 is 0. The number of carboxylic acid groups (broad SMARTS) is 1. The van der Waals surface area contributed by atoms with E-state index < -0.39 is 24.6 Å². The first kappa shape index (κ1) is 13.8. The van der Waals surface area contributed by atoms with Crippen LogP contribution in [0.5, 0.6) is 0 Å². The molecule has 0 spiro atoms. The Bertz CT molecular complexity index is 289. The van der Waals surface area contributed by atoms with Crippen molar-refractivity contribution in [3.05, 3.63) is 0 Å². The first-order chi connectivity index (χ1) is 7.95. The second-order valence-electron chi connectivity index (χ2n) is 4.71. The van der Waals surface area contributed by atoms with Crippen LogP contribution in [0, 0.1) is 5.92 Å². The lowest BCUT2D eigenvalue weighted by Crippen LogP contribution is -2.52. The Morgan fingerprint density at radius 2 is 2.00 bits per heavy atom. The number of carbonyl (C=O) groups excluding carboxylic acids is 1. The fourth-order valence-electron chi connectivity index (χ4n) is 1.52. The van der Waals surface area contributed by atoms with Gasteiger partial charge in [0.05, 0.1) is 6.61 Å². The zero-order valence-electron chi connectivity index (χ0n) is 10.2. The summed E-state index contributed by atoms with van der Waals surface area (Å²) in [6, 6.07) is -1.64. The molecule has 0 bridgehead atoms. The second-order valence-corrected chi connectivity index (χ2v) is 4.71. The third kappa shape index (κ3) is 4.22. The molecule has 98 valence electrons. The van der Waals surface area contributed by atoms with Crippen molar-refractivity contribution in [3.8, 4) is 0 Å². The highest BCUT2D eigenvalue weighted by Crippen LogP contribution is 2.30. The summed E-state index contributed by atoms with van der Waals surface area (Å²) in [4.78, 5) is 24.2. The molecule has 1 rings (SSSR count). The van der Waals surface area contributed by atoms with E-state index in [4.69, 9.17) is 10.2 Å². The highest BCUT2D eigenvalue weighted by atomic mass is 16.4. The number of hydrogen-bond donors (Lipinski definition) is 3. The van der Waals surface area contributed by atoms with E-state index >= 15 is 0 Å². The van der Waals surface area contributed by atoms with Crippen LogP contribution in [0.25, 0.3) is 0 Å². The SMILES string of the molecule is CC(C)N(CC1CC1)C(=O)NC(CO)C(=O)O. The van der Waals surface area contributed by atoms with E-state index in [0.717, 1.165) is 12.8 Å². The topological polar surface area (TPSA) is 89.9 Å². The van der Waals surface area contributed by atoms with E-state index in [0.29, 0.717) is 12.5 Å². The van der Waals surface area contributed by atoms with Crippen molar-refractivity contribution in [2.24, 2.45) is 5.92 Å². The molecule has 6 nitrogen and oxygen atoms in total. The maximum Gasteiger partial charge on any atom is 0.328 e. The van der Waals surface area contributed by atoms with Gasteiger partial charge in [-0.05, 0) is 32.6 Å². The van der Waals surface area contributed by atoms with Gasteiger partial charge in [0.1, 0.15) is 0 Å². The zero-order valence-corrected chi connectivity index (χ0v) is 10.2. The van der Waals surface area contributed by atoms with Crippen molar-refractivity contribution in [2.75, 3.05) is 13.2 Å². The third-order valence-corrected chi connectivity index (χ3v) is 2.81. The lowest BCUT2D eigenvalue weighted by atomic mass is 10.2. The van der Waals surface area contributed by atoms with Gasteiger partial charge < -0.3 is 20.4 Å². The van der Waals surface area contributed by atoms with Gasteiger partial charge in [-0.25, -0.2) is 9.59 Å². The smallest absolute Gasteiger partial charge is 0.328 e. The van der Waals surface area contributed by atoms with Gasteiger partial charge in [-0.15, -0.1) is 0 Å². The molecule has 0 heterocycles. The van der Waals surface area contributed by atoms with E-state index in [9.17, 15) is 9.59 Å². The van der Waals surface area contributed by atoms with Crippen LogP contribution in [0.15, 0.2) is 0 Å². The van der Waals surface area contributed by atoms with Crippen molar-refractivity contribution in [1.82, 2.24) is 10.2 Å². The van der Waals surface area contributed by atoms with Crippen molar-refractivity contribution in [2.45, 2.75) is 38.8 Å². The Kier molecular flexibility index (Phi) is 4.74. The van der Waals surface area contributed by atoms with E-state index in [1.54, 1.807) is 4.90 Å².